The molecule has 170 valence electrons. The first kappa shape index (κ1) is 22.2. The van der Waals surface area contributed by atoms with Crippen molar-refractivity contribution in [3.63, 3.8) is 0 Å². The van der Waals surface area contributed by atoms with Crippen LogP contribution < -0.4 is 20.3 Å². The van der Waals surface area contributed by atoms with Gasteiger partial charge in [-0.3, -0.25) is 24.8 Å². The molecule has 4 rings (SSSR count). The number of imide groups is 2. The number of amides is 4. The Morgan fingerprint density at radius 1 is 0.939 bits per heavy atom. The number of ether oxygens (including phenoxy) is 1. The third kappa shape index (κ3) is 5.10. The molecule has 0 saturated carbocycles. The van der Waals surface area contributed by atoms with Crippen molar-refractivity contribution in [3.8, 4) is 16.9 Å². The average molecular weight is 469 g/mol. The second-order valence-corrected chi connectivity index (χ2v) is 8.84. The van der Waals surface area contributed by atoms with E-state index < -0.39 is 33.7 Å². The quantitative estimate of drug-likeness (QED) is 0.331. The van der Waals surface area contributed by atoms with E-state index in [2.05, 4.69) is 0 Å². The number of urea groups is 1. The second-order valence-electron chi connectivity index (χ2n) is 7.26. The summed E-state index contributed by atoms with van der Waals surface area (Å²) in [5, 5.41) is 3.97. The SMILES string of the molecule is O=C1NC(=O)C(=C/C=C2\Oc3ccc(-c4ccccc4)cc3N2CCCS(=O)(=O)O)C(=O)N1. The van der Waals surface area contributed by atoms with Gasteiger partial charge in [0.2, 0.25) is 5.88 Å². The maximum Gasteiger partial charge on any atom is 0.328 e. The highest BCUT2D eigenvalue weighted by atomic mass is 32.2. The van der Waals surface area contributed by atoms with Crippen LogP contribution in [0.15, 0.2) is 72.1 Å². The lowest BCUT2D eigenvalue weighted by atomic mass is 10.0. The predicted octanol–water partition coefficient (Wildman–Crippen LogP) is 1.96. The fourth-order valence-corrected chi connectivity index (χ4v) is 3.95. The number of benzene rings is 2. The summed E-state index contributed by atoms with van der Waals surface area (Å²) in [6.07, 6.45) is 2.70. The summed E-state index contributed by atoms with van der Waals surface area (Å²) in [7, 11) is -4.15. The van der Waals surface area contributed by atoms with Crippen molar-refractivity contribution in [2.24, 2.45) is 0 Å². The van der Waals surface area contributed by atoms with E-state index in [1.807, 2.05) is 53.1 Å². The van der Waals surface area contributed by atoms with Crippen LogP contribution in [-0.4, -0.2) is 43.1 Å². The smallest absolute Gasteiger partial charge is 0.328 e. The first-order valence-electron chi connectivity index (χ1n) is 9.90. The van der Waals surface area contributed by atoms with E-state index in [-0.39, 0.29) is 24.4 Å². The minimum atomic E-state index is -4.15. The molecule has 0 aliphatic carbocycles. The van der Waals surface area contributed by atoms with Crippen molar-refractivity contribution in [2.75, 3.05) is 17.2 Å². The monoisotopic (exact) mass is 469 g/mol. The normalized spacial score (nSPS) is 16.9. The van der Waals surface area contributed by atoms with Gasteiger partial charge < -0.3 is 9.64 Å². The van der Waals surface area contributed by atoms with Crippen LogP contribution in [-0.2, 0) is 19.7 Å². The number of nitrogens with zero attached hydrogens (tertiary/aromatic N) is 1. The van der Waals surface area contributed by atoms with Gasteiger partial charge in [0.25, 0.3) is 21.9 Å². The van der Waals surface area contributed by atoms with Gasteiger partial charge in [-0.2, -0.15) is 8.42 Å². The number of fused-ring (bicyclic) bond motifs is 1. The molecule has 11 heteroatoms. The fourth-order valence-electron chi connectivity index (χ4n) is 3.45. The molecule has 2 aromatic carbocycles. The Hall–Kier alpha value is -3.96. The Balaban J connectivity index is 1.67. The number of barbiturate groups is 1. The Labute approximate surface area is 189 Å². The standard InChI is InChI=1S/C22H19N3O7S/c26-20-16(21(27)24-22(28)23-20)8-10-19-25(11-4-12-33(29,30)31)17-13-15(7-9-18(17)32-19)14-5-2-1-3-6-14/h1-3,5-10,13H,4,11-12H2,(H,29,30,31)(H2,23,24,26,27,28)/b19-10-. The van der Waals surface area contributed by atoms with Gasteiger partial charge in [-0.25, -0.2) is 4.79 Å². The highest BCUT2D eigenvalue weighted by Gasteiger charge is 2.29. The van der Waals surface area contributed by atoms with Gasteiger partial charge in [0.15, 0.2) is 5.75 Å². The van der Waals surface area contributed by atoms with Crippen molar-refractivity contribution in [1.29, 1.82) is 0 Å². The predicted molar refractivity (Wildman–Crippen MR) is 119 cm³/mol. The van der Waals surface area contributed by atoms with Crippen LogP contribution in [0.4, 0.5) is 10.5 Å². The van der Waals surface area contributed by atoms with Crippen molar-refractivity contribution in [1.82, 2.24) is 10.6 Å². The number of hydrogen-bond acceptors (Lipinski definition) is 7. The number of nitrogens with one attached hydrogen (secondary N) is 2. The molecule has 0 bridgehead atoms. The van der Waals surface area contributed by atoms with E-state index in [1.54, 1.807) is 11.0 Å². The summed E-state index contributed by atoms with van der Waals surface area (Å²) in [6.45, 7) is 0.177. The van der Waals surface area contributed by atoms with Crippen LogP contribution in [0, 0.1) is 0 Å². The van der Waals surface area contributed by atoms with Crippen LogP contribution >= 0.6 is 0 Å². The third-order valence-corrected chi connectivity index (χ3v) is 5.76. The lowest BCUT2D eigenvalue weighted by molar-refractivity contribution is -0.124. The summed E-state index contributed by atoms with van der Waals surface area (Å²) in [5.74, 6) is -1.39. The first-order chi connectivity index (χ1) is 15.7. The van der Waals surface area contributed by atoms with Gasteiger partial charge >= 0.3 is 6.03 Å². The number of hydrogen-bond donors (Lipinski definition) is 3. The Morgan fingerprint density at radius 3 is 2.30 bits per heavy atom. The molecule has 1 saturated heterocycles. The summed E-state index contributed by atoms with van der Waals surface area (Å²) >= 11 is 0. The van der Waals surface area contributed by atoms with Crippen LogP contribution in [0.3, 0.4) is 0 Å². The number of anilines is 1. The molecule has 2 aliphatic heterocycles. The summed E-state index contributed by atoms with van der Waals surface area (Å²) in [6, 6.07) is 14.2. The van der Waals surface area contributed by atoms with Crippen molar-refractivity contribution in [3.05, 3.63) is 72.1 Å². The van der Waals surface area contributed by atoms with Crippen LogP contribution in [0.5, 0.6) is 5.75 Å². The largest absolute Gasteiger partial charge is 0.439 e. The minimum Gasteiger partial charge on any atom is -0.439 e. The van der Waals surface area contributed by atoms with E-state index in [1.165, 1.54) is 12.2 Å². The first-order valence-corrected chi connectivity index (χ1v) is 11.5. The maximum absolute atomic E-state index is 12.0. The molecule has 0 unspecified atom stereocenters. The lowest BCUT2D eigenvalue weighted by Crippen LogP contribution is -2.51. The zero-order valence-corrected chi connectivity index (χ0v) is 18.0. The van der Waals surface area contributed by atoms with Gasteiger partial charge in [-0.15, -0.1) is 0 Å². The highest BCUT2D eigenvalue weighted by Crippen LogP contribution is 2.41. The van der Waals surface area contributed by atoms with Gasteiger partial charge in [-0.1, -0.05) is 36.4 Å². The van der Waals surface area contributed by atoms with Crippen LogP contribution in [0.25, 0.3) is 11.1 Å². The topological polar surface area (TPSA) is 142 Å². The van der Waals surface area contributed by atoms with Gasteiger partial charge in [0, 0.05) is 6.54 Å². The molecule has 2 aliphatic rings. The summed E-state index contributed by atoms with van der Waals surface area (Å²) in [5.41, 5.74) is 2.24. The average Bonchev–Trinajstić information content (AvgIpc) is 3.09. The van der Waals surface area contributed by atoms with E-state index >= 15 is 0 Å². The second kappa shape index (κ2) is 8.88. The van der Waals surface area contributed by atoms with Gasteiger partial charge in [0.1, 0.15) is 5.57 Å². The van der Waals surface area contributed by atoms with Crippen LogP contribution in [0.1, 0.15) is 6.42 Å². The van der Waals surface area contributed by atoms with Crippen molar-refractivity contribution >= 4 is 33.7 Å². The Kier molecular flexibility index (Phi) is 5.99. The third-order valence-electron chi connectivity index (χ3n) is 4.96. The lowest BCUT2D eigenvalue weighted by Gasteiger charge is -2.18. The van der Waals surface area contributed by atoms with E-state index in [0.29, 0.717) is 11.4 Å². The summed E-state index contributed by atoms with van der Waals surface area (Å²) < 4.78 is 37.3. The zero-order valence-electron chi connectivity index (χ0n) is 17.1. The molecule has 0 atom stereocenters. The number of carbonyl (C=O) groups excluding carboxylic acids is 3. The molecule has 33 heavy (non-hydrogen) atoms. The molecule has 0 radical (unpaired) electrons. The molecule has 10 nitrogen and oxygen atoms in total. The zero-order chi connectivity index (χ0) is 23.6. The Morgan fingerprint density at radius 2 is 1.64 bits per heavy atom. The van der Waals surface area contributed by atoms with E-state index in [0.717, 1.165) is 11.1 Å². The molecular weight excluding hydrogens is 450 g/mol. The Bertz CT molecular complexity index is 1280. The van der Waals surface area contributed by atoms with E-state index in [9.17, 15) is 22.8 Å². The minimum absolute atomic E-state index is 0.0978. The molecule has 2 aromatic rings. The molecule has 0 aromatic heterocycles. The van der Waals surface area contributed by atoms with Gasteiger partial charge in [0.05, 0.1) is 11.4 Å². The maximum atomic E-state index is 12.0. The molecule has 1 fully saturated rings. The fraction of sp³-hybridized carbons (Fsp3) is 0.136. The van der Waals surface area contributed by atoms with Gasteiger partial charge in [-0.05, 0) is 41.8 Å². The number of carbonyl (C=O) groups is 3. The molecule has 4 amide bonds. The van der Waals surface area contributed by atoms with Crippen LogP contribution in [0.2, 0.25) is 0 Å². The summed E-state index contributed by atoms with van der Waals surface area (Å²) in [4.78, 5) is 36.8. The molecule has 2 heterocycles. The van der Waals surface area contributed by atoms with E-state index in [4.69, 9.17) is 9.29 Å². The molecular formula is C22H19N3O7S. The van der Waals surface area contributed by atoms with Crippen molar-refractivity contribution < 1.29 is 32.1 Å². The molecule has 0 spiro atoms. The number of rotatable bonds is 6. The van der Waals surface area contributed by atoms with Crippen molar-refractivity contribution in [2.45, 2.75) is 6.42 Å². The number of allylic oxidation sites excluding steroid dienone is 2. The molecule has 3 N–H and O–H groups in total. The highest BCUT2D eigenvalue weighted by molar-refractivity contribution is 7.85.